The minimum atomic E-state index is -4.82. The molecule has 0 saturated carbocycles. The van der Waals surface area contributed by atoms with Crippen molar-refractivity contribution in [2.75, 3.05) is 17.4 Å². The number of unbranched alkanes of at least 4 members (excludes halogenated alkanes) is 1. The van der Waals surface area contributed by atoms with Crippen molar-refractivity contribution in [2.24, 2.45) is 0 Å². The molecule has 0 aliphatic heterocycles. The zero-order chi connectivity index (χ0) is 34.9. The van der Waals surface area contributed by atoms with E-state index in [1.165, 1.54) is 29.2 Å². The maximum atomic E-state index is 14.5. The Bertz CT molecular complexity index is 1810. The molecule has 0 aliphatic rings. The molecule has 4 rings (SSSR count). The molecule has 0 heterocycles. The third-order valence-electron chi connectivity index (χ3n) is 7.49. The number of nitrogens with one attached hydrogen (secondary N) is 1. The summed E-state index contributed by atoms with van der Waals surface area (Å²) in [5.74, 6) is -1.28. The van der Waals surface area contributed by atoms with Crippen LogP contribution >= 0.6 is 27.5 Å². The highest BCUT2D eigenvalue weighted by molar-refractivity contribution is 9.10. The number of rotatable bonds is 14. The van der Waals surface area contributed by atoms with E-state index in [1.807, 2.05) is 25.1 Å². The number of nitrogens with zero attached hydrogens (tertiary/aromatic N) is 2. The topological polar surface area (TPSA) is 86.8 Å². The van der Waals surface area contributed by atoms with Gasteiger partial charge in [-0.25, -0.2) is 8.42 Å². The summed E-state index contributed by atoms with van der Waals surface area (Å²) in [6.07, 6.45) is -3.22. The molecule has 1 N–H and O–H groups in total. The highest BCUT2D eigenvalue weighted by Crippen LogP contribution is 2.37. The van der Waals surface area contributed by atoms with E-state index in [1.54, 1.807) is 42.5 Å². The molecule has 0 radical (unpaired) electrons. The Hall–Kier alpha value is -3.87. The van der Waals surface area contributed by atoms with Gasteiger partial charge in [0.15, 0.2) is 0 Å². The lowest BCUT2D eigenvalue weighted by Crippen LogP contribution is -2.53. The van der Waals surface area contributed by atoms with E-state index in [2.05, 4.69) is 21.2 Å². The van der Waals surface area contributed by atoms with Crippen molar-refractivity contribution in [3.63, 3.8) is 0 Å². The Balaban J connectivity index is 1.85. The monoisotopic (exact) mass is 763 g/mol. The molecule has 254 valence electrons. The van der Waals surface area contributed by atoms with E-state index >= 15 is 0 Å². The standard InChI is InChI=1S/C35H34BrClF3N3O4S/c1-2-3-19-41-34(45)32(21-25-11-6-4-7-12-25)42(23-26-13-10-14-28(36)20-26)33(44)24-43(48(46,47)29-15-8-5-9-16-29)31-22-27(35(38,39)40)17-18-30(31)37/h4-18,20,22,32H,2-3,19,21,23-24H2,1H3,(H,41,45)/t32-/m1/s1. The normalized spacial score (nSPS) is 12.3. The van der Waals surface area contributed by atoms with Crippen LogP contribution < -0.4 is 9.62 Å². The van der Waals surface area contributed by atoms with Crippen LogP contribution in [0.1, 0.15) is 36.5 Å². The fraction of sp³-hybridized carbons (Fsp3) is 0.257. The van der Waals surface area contributed by atoms with Gasteiger partial charge in [0.2, 0.25) is 11.8 Å². The lowest BCUT2D eigenvalue weighted by Gasteiger charge is -2.34. The van der Waals surface area contributed by atoms with Crippen LogP contribution in [-0.2, 0) is 38.8 Å². The summed E-state index contributed by atoms with van der Waals surface area (Å²) in [6.45, 7) is 1.28. The van der Waals surface area contributed by atoms with Crippen LogP contribution in [0.15, 0.2) is 112 Å². The summed E-state index contributed by atoms with van der Waals surface area (Å²) in [4.78, 5) is 29.3. The van der Waals surface area contributed by atoms with Gasteiger partial charge in [-0.3, -0.25) is 13.9 Å². The number of sulfonamides is 1. The van der Waals surface area contributed by atoms with Crippen molar-refractivity contribution in [3.05, 3.63) is 129 Å². The Morgan fingerprint density at radius 1 is 0.896 bits per heavy atom. The number of halogens is 5. The molecule has 1 atom stereocenters. The van der Waals surface area contributed by atoms with Crippen molar-refractivity contribution in [1.29, 1.82) is 0 Å². The number of amides is 2. The summed E-state index contributed by atoms with van der Waals surface area (Å²) in [5, 5.41) is 2.58. The van der Waals surface area contributed by atoms with Gasteiger partial charge in [0.1, 0.15) is 12.6 Å². The first kappa shape index (κ1) is 37.0. The van der Waals surface area contributed by atoms with Crippen LogP contribution in [0.5, 0.6) is 0 Å². The van der Waals surface area contributed by atoms with E-state index in [0.717, 1.165) is 24.1 Å². The first-order chi connectivity index (χ1) is 22.8. The minimum Gasteiger partial charge on any atom is -0.354 e. The summed E-state index contributed by atoms with van der Waals surface area (Å²) in [7, 11) is -4.64. The molecule has 0 bridgehead atoms. The van der Waals surface area contributed by atoms with E-state index in [0.29, 0.717) is 33.4 Å². The summed E-state index contributed by atoms with van der Waals surface area (Å²) < 4.78 is 71.0. The molecule has 0 saturated heterocycles. The maximum Gasteiger partial charge on any atom is 0.416 e. The second-order valence-electron chi connectivity index (χ2n) is 11.0. The number of hydrogen-bond acceptors (Lipinski definition) is 4. The average molecular weight is 765 g/mol. The van der Waals surface area contributed by atoms with Gasteiger partial charge in [-0.05, 0) is 60.0 Å². The van der Waals surface area contributed by atoms with Crippen LogP contribution in [0.4, 0.5) is 18.9 Å². The Morgan fingerprint density at radius 2 is 1.54 bits per heavy atom. The molecule has 7 nitrogen and oxygen atoms in total. The molecule has 0 aromatic heterocycles. The first-order valence-corrected chi connectivity index (χ1v) is 17.7. The smallest absolute Gasteiger partial charge is 0.354 e. The number of hydrogen-bond donors (Lipinski definition) is 1. The lowest BCUT2D eigenvalue weighted by molar-refractivity contribution is -0.140. The minimum absolute atomic E-state index is 0.0916. The van der Waals surface area contributed by atoms with Crippen LogP contribution in [0.25, 0.3) is 0 Å². The van der Waals surface area contributed by atoms with Crippen molar-refractivity contribution in [2.45, 2.75) is 49.8 Å². The van der Waals surface area contributed by atoms with Gasteiger partial charge in [-0.2, -0.15) is 13.2 Å². The van der Waals surface area contributed by atoms with Gasteiger partial charge >= 0.3 is 6.18 Å². The van der Waals surface area contributed by atoms with Crippen LogP contribution in [0, 0.1) is 0 Å². The highest BCUT2D eigenvalue weighted by atomic mass is 79.9. The van der Waals surface area contributed by atoms with Crippen LogP contribution in [-0.4, -0.2) is 44.3 Å². The SMILES string of the molecule is CCCCNC(=O)[C@@H](Cc1ccccc1)N(Cc1cccc(Br)c1)C(=O)CN(c1cc(C(F)(F)F)ccc1Cl)S(=O)(=O)c1ccccc1. The molecular formula is C35H34BrClF3N3O4S. The number of benzene rings is 4. The highest BCUT2D eigenvalue weighted by Gasteiger charge is 2.37. The van der Waals surface area contributed by atoms with Crippen LogP contribution in [0.2, 0.25) is 5.02 Å². The largest absolute Gasteiger partial charge is 0.416 e. The van der Waals surface area contributed by atoms with Gasteiger partial charge < -0.3 is 10.2 Å². The summed E-state index contributed by atoms with van der Waals surface area (Å²) >= 11 is 9.80. The molecule has 4 aromatic carbocycles. The Labute approximate surface area is 291 Å². The maximum absolute atomic E-state index is 14.5. The van der Waals surface area contributed by atoms with E-state index < -0.39 is 51.9 Å². The van der Waals surface area contributed by atoms with E-state index in [4.69, 9.17) is 11.6 Å². The average Bonchev–Trinajstić information content (AvgIpc) is 3.06. The van der Waals surface area contributed by atoms with Gasteiger partial charge in [0.25, 0.3) is 10.0 Å². The zero-order valence-corrected chi connectivity index (χ0v) is 29.1. The van der Waals surface area contributed by atoms with E-state index in [-0.39, 0.29) is 22.9 Å². The molecular weight excluding hydrogens is 731 g/mol. The number of anilines is 1. The Kier molecular flexibility index (Phi) is 12.7. The predicted molar refractivity (Wildman–Crippen MR) is 184 cm³/mol. The lowest BCUT2D eigenvalue weighted by atomic mass is 10.0. The third-order valence-corrected chi connectivity index (χ3v) is 10.1. The van der Waals surface area contributed by atoms with Crippen molar-refractivity contribution in [1.82, 2.24) is 10.2 Å². The molecule has 2 amide bonds. The predicted octanol–water partition coefficient (Wildman–Crippen LogP) is 7.87. The summed E-state index contributed by atoms with van der Waals surface area (Å²) in [5.41, 5.74) is -0.300. The number of carbonyl (C=O) groups excluding carboxylic acids is 2. The molecule has 0 spiro atoms. The second kappa shape index (κ2) is 16.5. The van der Waals surface area contributed by atoms with Gasteiger partial charge in [0.05, 0.1) is 21.2 Å². The third kappa shape index (κ3) is 9.61. The first-order valence-electron chi connectivity index (χ1n) is 15.1. The van der Waals surface area contributed by atoms with Crippen molar-refractivity contribution >= 4 is 55.1 Å². The van der Waals surface area contributed by atoms with Crippen molar-refractivity contribution < 1.29 is 31.2 Å². The van der Waals surface area contributed by atoms with Crippen molar-refractivity contribution in [3.8, 4) is 0 Å². The molecule has 13 heteroatoms. The molecule has 0 fully saturated rings. The Morgan fingerprint density at radius 3 is 2.17 bits per heavy atom. The molecule has 0 unspecified atom stereocenters. The molecule has 48 heavy (non-hydrogen) atoms. The molecule has 4 aromatic rings. The number of alkyl halides is 3. The van der Waals surface area contributed by atoms with Gasteiger partial charge in [-0.15, -0.1) is 0 Å². The number of carbonyl (C=O) groups is 2. The summed E-state index contributed by atoms with van der Waals surface area (Å²) in [6, 6.07) is 24.3. The molecule has 0 aliphatic carbocycles. The second-order valence-corrected chi connectivity index (χ2v) is 14.2. The van der Waals surface area contributed by atoms with Gasteiger partial charge in [-0.1, -0.05) is 102 Å². The zero-order valence-electron chi connectivity index (χ0n) is 26.0. The van der Waals surface area contributed by atoms with E-state index in [9.17, 15) is 31.2 Å². The fourth-order valence-corrected chi connectivity index (χ4v) is 7.17. The quantitative estimate of drug-likeness (QED) is 0.133. The fourth-order valence-electron chi connectivity index (χ4n) is 5.01. The van der Waals surface area contributed by atoms with Gasteiger partial charge in [0, 0.05) is 24.0 Å². The van der Waals surface area contributed by atoms with Crippen LogP contribution in [0.3, 0.4) is 0 Å².